The van der Waals surface area contributed by atoms with Crippen molar-refractivity contribution in [3.63, 3.8) is 0 Å². The van der Waals surface area contributed by atoms with Crippen molar-refractivity contribution in [3.05, 3.63) is 36.0 Å². The second-order valence-corrected chi connectivity index (χ2v) is 3.36. The first-order chi connectivity index (χ1) is 6.95. The Labute approximate surface area is 81.6 Å². The molecule has 2 heterocycles. The van der Waals surface area contributed by atoms with Crippen molar-refractivity contribution in [2.75, 3.05) is 11.4 Å². The highest BCUT2D eigenvalue weighted by Gasteiger charge is 2.20. The molecular weight excluding hydrogens is 176 g/mol. The van der Waals surface area contributed by atoms with Gasteiger partial charge in [0.2, 0.25) is 0 Å². The molecule has 0 saturated carbocycles. The zero-order chi connectivity index (χ0) is 9.38. The highest BCUT2D eigenvalue weighted by atomic mass is 15.4. The maximum Gasteiger partial charge on any atom is 0.175 e. The van der Waals surface area contributed by atoms with Gasteiger partial charge < -0.3 is 4.90 Å². The number of nitrogens with zero attached hydrogens (tertiary/aromatic N) is 3. The standard InChI is InChI=1S/C10H10N4/c1-2-4-9-8(3-1)5-6-14(9)10-7-11-13-12-10/h1-4,7H,5-6H2,(H,11,12,13). The lowest BCUT2D eigenvalue weighted by molar-refractivity contribution is 0.915. The van der Waals surface area contributed by atoms with Crippen LogP contribution in [0.4, 0.5) is 11.5 Å². The van der Waals surface area contributed by atoms with Crippen LogP contribution in [-0.4, -0.2) is 22.0 Å². The Hall–Kier alpha value is -1.84. The SMILES string of the molecule is c1ccc2c(c1)CCN2c1cn[nH]n1. The fraction of sp³-hybridized carbons (Fsp3) is 0.200. The topological polar surface area (TPSA) is 44.8 Å². The fourth-order valence-electron chi connectivity index (χ4n) is 1.90. The van der Waals surface area contributed by atoms with Crippen molar-refractivity contribution in [1.29, 1.82) is 0 Å². The van der Waals surface area contributed by atoms with Gasteiger partial charge in [-0.3, -0.25) is 0 Å². The molecule has 0 amide bonds. The van der Waals surface area contributed by atoms with Gasteiger partial charge in [-0.1, -0.05) is 18.2 Å². The van der Waals surface area contributed by atoms with Gasteiger partial charge in [-0.05, 0) is 18.1 Å². The minimum atomic E-state index is 0.898. The lowest BCUT2D eigenvalue weighted by Crippen LogP contribution is -2.13. The summed E-state index contributed by atoms with van der Waals surface area (Å²) >= 11 is 0. The molecule has 1 aliphatic heterocycles. The first-order valence-corrected chi connectivity index (χ1v) is 4.66. The molecular formula is C10H10N4. The summed E-state index contributed by atoms with van der Waals surface area (Å²) in [7, 11) is 0. The van der Waals surface area contributed by atoms with E-state index in [1.54, 1.807) is 6.20 Å². The number of para-hydroxylation sites is 1. The number of hydrogen-bond donors (Lipinski definition) is 1. The summed E-state index contributed by atoms with van der Waals surface area (Å²) in [6.07, 6.45) is 2.84. The van der Waals surface area contributed by atoms with Crippen LogP contribution in [0.1, 0.15) is 5.56 Å². The smallest absolute Gasteiger partial charge is 0.175 e. The predicted molar refractivity (Wildman–Crippen MR) is 53.5 cm³/mol. The second-order valence-electron chi connectivity index (χ2n) is 3.36. The van der Waals surface area contributed by atoms with Crippen molar-refractivity contribution in [2.24, 2.45) is 0 Å². The number of fused-ring (bicyclic) bond motifs is 1. The summed E-state index contributed by atoms with van der Waals surface area (Å²) in [5, 5.41) is 10.5. The molecule has 4 heteroatoms. The second kappa shape index (κ2) is 2.83. The fourth-order valence-corrected chi connectivity index (χ4v) is 1.90. The third kappa shape index (κ3) is 1.00. The van der Waals surface area contributed by atoms with E-state index >= 15 is 0 Å². The monoisotopic (exact) mass is 186 g/mol. The number of H-pyrrole nitrogens is 1. The van der Waals surface area contributed by atoms with Gasteiger partial charge in [-0.15, -0.1) is 5.10 Å². The van der Waals surface area contributed by atoms with Gasteiger partial charge in [0.15, 0.2) is 5.82 Å². The van der Waals surface area contributed by atoms with Crippen molar-refractivity contribution < 1.29 is 0 Å². The molecule has 1 aromatic carbocycles. The average molecular weight is 186 g/mol. The first kappa shape index (κ1) is 7.55. The molecule has 0 saturated heterocycles. The van der Waals surface area contributed by atoms with Gasteiger partial charge in [0, 0.05) is 12.2 Å². The third-order valence-electron chi connectivity index (χ3n) is 2.57. The van der Waals surface area contributed by atoms with E-state index < -0.39 is 0 Å². The summed E-state index contributed by atoms with van der Waals surface area (Å²) in [5.74, 6) is 0.898. The van der Waals surface area contributed by atoms with Crippen LogP contribution in [0.3, 0.4) is 0 Å². The minimum absolute atomic E-state index is 0.898. The van der Waals surface area contributed by atoms with E-state index in [1.807, 2.05) is 0 Å². The van der Waals surface area contributed by atoms with Crippen LogP contribution >= 0.6 is 0 Å². The number of rotatable bonds is 1. The Balaban J connectivity index is 2.06. The zero-order valence-electron chi connectivity index (χ0n) is 7.64. The minimum Gasteiger partial charge on any atom is -0.323 e. The molecule has 14 heavy (non-hydrogen) atoms. The van der Waals surface area contributed by atoms with Crippen LogP contribution in [0.5, 0.6) is 0 Å². The highest BCUT2D eigenvalue weighted by molar-refractivity contribution is 5.66. The molecule has 4 nitrogen and oxygen atoms in total. The summed E-state index contributed by atoms with van der Waals surface area (Å²) in [4.78, 5) is 2.18. The average Bonchev–Trinajstić information content (AvgIpc) is 2.85. The molecule has 0 fully saturated rings. The van der Waals surface area contributed by atoms with E-state index in [2.05, 4.69) is 44.6 Å². The maximum atomic E-state index is 4.09. The number of nitrogens with one attached hydrogen (secondary N) is 1. The van der Waals surface area contributed by atoms with E-state index in [0.29, 0.717) is 0 Å². The number of anilines is 2. The Morgan fingerprint density at radius 2 is 2.21 bits per heavy atom. The van der Waals surface area contributed by atoms with Crippen molar-refractivity contribution in [1.82, 2.24) is 15.4 Å². The van der Waals surface area contributed by atoms with Crippen molar-refractivity contribution in [3.8, 4) is 0 Å². The summed E-state index contributed by atoms with van der Waals surface area (Å²) in [6, 6.07) is 8.41. The van der Waals surface area contributed by atoms with E-state index in [1.165, 1.54) is 11.3 Å². The molecule has 0 bridgehead atoms. The molecule has 1 aromatic heterocycles. The molecule has 2 aromatic rings. The molecule has 0 spiro atoms. The van der Waals surface area contributed by atoms with Crippen LogP contribution < -0.4 is 4.90 Å². The largest absolute Gasteiger partial charge is 0.323 e. The molecule has 0 atom stereocenters. The summed E-state index contributed by atoms with van der Waals surface area (Å²) in [5.41, 5.74) is 2.64. The van der Waals surface area contributed by atoms with Crippen molar-refractivity contribution in [2.45, 2.75) is 6.42 Å². The van der Waals surface area contributed by atoms with Gasteiger partial charge in [0.05, 0.1) is 6.20 Å². The normalized spacial score (nSPS) is 14.4. The maximum absolute atomic E-state index is 4.09. The van der Waals surface area contributed by atoms with Crippen molar-refractivity contribution >= 4 is 11.5 Å². The quantitative estimate of drug-likeness (QED) is 0.734. The van der Waals surface area contributed by atoms with Gasteiger partial charge >= 0.3 is 0 Å². The first-order valence-electron chi connectivity index (χ1n) is 4.66. The predicted octanol–water partition coefficient (Wildman–Crippen LogP) is 1.50. The van der Waals surface area contributed by atoms with Gasteiger partial charge in [0.1, 0.15) is 0 Å². The Morgan fingerprint density at radius 3 is 3.07 bits per heavy atom. The van der Waals surface area contributed by atoms with Crippen LogP contribution in [0.25, 0.3) is 0 Å². The number of hydrogen-bond acceptors (Lipinski definition) is 3. The van der Waals surface area contributed by atoms with Crippen LogP contribution in [0.15, 0.2) is 30.5 Å². The number of aromatic nitrogens is 3. The third-order valence-corrected chi connectivity index (χ3v) is 2.57. The molecule has 0 aliphatic carbocycles. The molecule has 1 N–H and O–H groups in total. The van der Waals surface area contributed by atoms with E-state index in [-0.39, 0.29) is 0 Å². The van der Waals surface area contributed by atoms with E-state index in [0.717, 1.165) is 18.8 Å². The lowest BCUT2D eigenvalue weighted by atomic mass is 10.2. The molecule has 0 radical (unpaired) electrons. The summed E-state index contributed by atoms with van der Waals surface area (Å²) < 4.78 is 0. The molecule has 70 valence electrons. The van der Waals surface area contributed by atoms with Gasteiger partial charge in [0.25, 0.3) is 0 Å². The van der Waals surface area contributed by atoms with Crippen LogP contribution in [-0.2, 0) is 6.42 Å². The molecule has 1 aliphatic rings. The highest BCUT2D eigenvalue weighted by Crippen LogP contribution is 2.32. The number of aromatic amines is 1. The van der Waals surface area contributed by atoms with Gasteiger partial charge in [-0.2, -0.15) is 10.3 Å². The van der Waals surface area contributed by atoms with Gasteiger partial charge in [-0.25, -0.2) is 0 Å². The molecule has 0 unspecified atom stereocenters. The van der Waals surface area contributed by atoms with Crippen LogP contribution in [0.2, 0.25) is 0 Å². The van der Waals surface area contributed by atoms with Crippen LogP contribution in [0, 0.1) is 0 Å². The summed E-state index contributed by atoms with van der Waals surface area (Å²) in [6.45, 7) is 0.992. The Morgan fingerprint density at radius 1 is 1.29 bits per heavy atom. The Kier molecular flexibility index (Phi) is 1.53. The van der Waals surface area contributed by atoms with E-state index in [9.17, 15) is 0 Å². The van der Waals surface area contributed by atoms with E-state index in [4.69, 9.17) is 0 Å². The zero-order valence-corrected chi connectivity index (χ0v) is 7.64. The lowest BCUT2D eigenvalue weighted by Gasteiger charge is -2.14. The number of benzene rings is 1. The molecule has 3 rings (SSSR count). The Bertz CT molecular complexity index is 435.